The van der Waals surface area contributed by atoms with Crippen molar-refractivity contribution in [3.63, 3.8) is 0 Å². The summed E-state index contributed by atoms with van der Waals surface area (Å²) in [6, 6.07) is 12.3. The lowest BCUT2D eigenvalue weighted by atomic mass is 9.97. The predicted molar refractivity (Wildman–Crippen MR) is 151 cm³/mol. The summed E-state index contributed by atoms with van der Waals surface area (Å²) in [6.07, 6.45) is 9.21. The molecule has 1 aliphatic heterocycles. The Morgan fingerprint density at radius 2 is 1.86 bits per heavy atom. The summed E-state index contributed by atoms with van der Waals surface area (Å²) < 4.78 is 5.53. The van der Waals surface area contributed by atoms with Crippen molar-refractivity contribution in [1.29, 1.82) is 0 Å². The maximum atomic E-state index is 11.4. The third-order valence-corrected chi connectivity index (χ3v) is 6.07. The lowest BCUT2D eigenvalue weighted by Gasteiger charge is -2.20. The monoisotopic (exact) mass is 500 g/mol. The summed E-state index contributed by atoms with van der Waals surface area (Å²) in [5, 5.41) is 23.7. The standard InChI is InChI=1S/C29H29N2O4P/c1-5-8-26(32)22(7-3)19-9-11-20(12-10-19)24-15-21-17-30-29(31-25(21)16-27(24)36)35-14-13-23(28(33)34)18(4)6-2/h5-16,32H,2-3,17,36H2,1,4H3,(H,30,31)(H,33,34)/b8-5-,14-13+,23-18+,26-22-. The Kier molecular flexibility index (Phi) is 8.82. The zero-order valence-electron chi connectivity index (χ0n) is 20.3. The molecule has 1 atom stereocenters. The molecule has 1 unspecified atom stereocenters. The molecule has 3 N–H and O–H groups in total. The third kappa shape index (κ3) is 6.09. The maximum Gasteiger partial charge on any atom is 0.336 e. The second-order valence-electron chi connectivity index (χ2n) is 7.95. The normalized spacial score (nSPS) is 14.4. The van der Waals surface area contributed by atoms with Crippen molar-refractivity contribution in [3.8, 4) is 11.1 Å². The molecule has 0 aromatic heterocycles. The van der Waals surface area contributed by atoms with E-state index in [2.05, 4.69) is 38.8 Å². The van der Waals surface area contributed by atoms with Crippen LogP contribution < -0.4 is 10.6 Å². The Labute approximate surface area is 213 Å². The van der Waals surface area contributed by atoms with E-state index in [1.807, 2.05) is 37.3 Å². The number of hydrogen-bond acceptors (Lipinski definition) is 5. The number of aliphatic hydroxyl groups excluding tert-OH is 1. The van der Waals surface area contributed by atoms with E-state index in [1.54, 1.807) is 25.2 Å². The first-order valence-corrected chi connectivity index (χ1v) is 11.8. The quantitative estimate of drug-likeness (QED) is 0.172. The zero-order chi connectivity index (χ0) is 26.2. The molecule has 36 heavy (non-hydrogen) atoms. The second kappa shape index (κ2) is 12.0. The van der Waals surface area contributed by atoms with Gasteiger partial charge < -0.3 is 20.3 Å². The van der Waals surface area contributed by atoms with Crippen molar-refractivity contribution >= 4 is 37.8 Å². The van der Waals surface area contributed by atoms with Gasteiger partial charge >= 0.3 is 5.97 Å². The summed E-state index contributed by atoms with van der Waals surface area (Å²) in [4.78, 5) is 15.8. The van der Waals surface area contributed by atoms with Gasteiger partial charge in [-0.2, -0.15) is 0 Å². The molecule has 1 aliphatic rings. The molecule has 0 fully saturated rings. The van der Waals surface area contributed by atoms with Gasteiger partial charge in [-0.3, -0.25) is 0 Å². The van der Waals surface area contributed by atoms with E-state index in [-0.39, 0.29) is 17.4 Å². The lowest BCUT2D eigenvalue weighted by Crippen LogP contribution is -2.20. The minimum absolute atomic E-state index is 0.0949. The molecule has 0 amide bonds. The second-order valence-corrected chi connectivity index (χ2v) is 8.57. The van der Waals surface area contributed by atoms with Crippen LogP contribution >= 0.6 is 9.24 Å². The molecular formula is C29H29N2O4P. The predicted octanol–water partition coefficient (Wildman–Crippen LogP) is 6.28. The number of carbonyl (C=O) groups is 1. The molecule has 7 heteroatoms. The Morgan fingerprint density at radius 1 is 1.14 bits per heavy atom. The fourth-order valence-corrected chi connectivity index (χ4v) is 4.05. The van der Waals surface area contributed by atoms with Gasteiger partial charge in [0.1, 0.15) is 5.76 Å². The number of aliphatic carboxylic acids is 1. The number of hydrogen-bond donors (Lipinski definition) is 3. The van der Waals surface area contributed by atoms with Crippen LogP contribution in [0.15, 0.2) is 108 Å². The fraction of sp³-hybridized carbons (Fsp3) is 0.103. The van der Waals surface area contributed by atoms with Gasteiger partial charge in [0, 0.05) is 11.3 Å². The number of fused-ring (bicyclic) bond motifs is 1. The third-order valence-electron chi connectivity index (χ3n) is 5.60. The molecule has 6 nitrogen and oxygen atoms in total. The van der Waals surface area contributed by atoms with Crippen LogP contribution in [0.2, 0.25) is 0 Å². The largest absolute Gasteiger partial charge is 0.507 e. The van der Waals surface area contributed by atoms with E-state index in [4.69, 9.17) is 4.74 Å². The first-order chi connectivity index (χ1) is 17.3. The topological polar surface area (TPSA) is 91.1 Å². The molecule has 0 bridgehead atoms. The molecule has 2 aromatic carbocycles. The van der Waals surface area contributed by atoms with Crippen LogP contribution in [0.1, 0.15) is 25.0 Å². The molecule has 1 heterocycles. The number of nitrogens with one attached hydrogen (secondary N) is 1. The van der Waals surface area contributed by atoms with Crippen molar-refractivity contribution in [2.45, 2.75) is 20.4 Å². The molecular weight excluding hydrogens is 471 g/mol. The van der Waals surface area contributed by atoms with Crippen LogP contribution in [-0.4, -0.2) is 22.2 Å². The van der Waals surface area contributed by atoms with Crippen molar-refractivity contribution in [1.82, 2.24) is 0 Å². The highest BCUT2D eigenvalue weighted by Crippen LogP contribution is 2.30. The van der Waals surface area contributed by atoms with Crippen LogP contribution in [0.5, 0.6) is 0 Å². The number of carboxylic acid groups (broad SMARTS) is 1. The van der Waals surface area contributed by atoms with Crippen molar-refractivity contribution in [2.24, 2.45) is 4.99 Å². The first-order valence-electron chi connectivity index (χ1n) is 11.2. The van der Waals surface area contributed by atoms with Crippen LogP contribution in [0.4, 0.5) is 5.69 Å². The highest BCUT2D eigenvalue weighted by Gasteiger charge is 2.16. The Morgan fingerprint density at radius 3 is 2.47 bits per heavy atom. The lowest BCUT2D eigenvalue weighted by molar-refractivity contribution is -0.132. The molecule has 0 aliphatic carbocycles. The van der Waals surface area contributed by atoms with E-state index in [1.165, 1.54) is 18.4 Å². The van der Waals surface area contributed by atoms with E-state index in [0.717, 1.165) is 33.2 Å². The van der Waals surface area contributed by atoms with Gasteiger partial charge in [0.05, 0.1) is 18.4 Å². The number of rotatable bonds is 8. The number of anilines is 1. The number of ether oxygens (including phenoxy) is 1. The number of allylic oxidation sites excluding steroid dienone is 6. The van der Waals surface area contributed by atoms with Crippen molar-refractivity contribution in [2.75, 3.05) is 5.32 Å². The Balaban J connectivity index is 1.80. The van der Waals surface area contributed by atoms with Gasteiger partial charge in [-0.05, 0) is 71.3 Å². The number of aliphatic hydroxyl groups is 1. The molecule has 0 saturated carbocycles. The fourth-order valence-electron chi connectivity index (χ4n) is 3.63. The van der Waals surface area contributed by atoms with Gasteiger partial charge in [0.2, 0.25) is 0 Å². The van der Waals surface area contributed by atoms with E-state index in [9.17, 15) is 15.0 Å². The average Bonchev–Trinajstić information content (AvgIpc) is 2.86. The number of amidine groups is 1. The van der Waals surface area contributed by atoms with Crippen molar-refractivity contribution in [3.05, 3.63) is 114 Å². The van der Waals surface area contributed by atoms with Crippen LogP contribution in [0.3, 0.4) is 0 Å². The van der Waals surface area contributed by atoms with Gasteiger partial charge in [-0.15, -0.1) is 9.24 Å². The molecule has 184 valence electrons. The molecule has 2 aromatic rings. The molecule has 0 saturated heterocycles. The number of carboxylic acids is 1. The number of benzene rings is 2. The van der Waals surface area contributed by atoms with Gasteiger partial charge in [0.25, 0.3) is 6.02 Å². The molecule has 0 spiro atoms. The maximum absolute atomic E-state index is 11.4. The average molecular weight is 501 g/mol. The molecule has 3 rings (SSSR count). The van der Waals surface area contributed by atoms with Gasteiger partial charge in [-0.25, -0.2) is 9.79 Å². The van der Waals surface area contributed by atoms with E-state index < -0.39 is 5.97 Å². The Bertz CT molecular complexity index is 1350. The van der Waals surface area contributed by atoms with Crippen molar-refractivity contribution < 1.29 is 19.7 Å². The molecule has 0 radical (unpaired) electrons. The van der Waals surface area contributed by atoms with Crippen LogP contribution in [-0.2, 0) is 16.1 Å². The zero-order valence-corrected chi connectivity index (χ0v) is 21.4. The summed E-state index contributed by atoms with van der Waals surface area (Å²) in [7, 11) is 2.76. The summed E-state index contributed by atoms with van der Waals surface area (Å²) >= 11 is 0. The number of aliphatic imine (C=N–C) groups is 1. The minimum atomic E-state index is -1.06. The smallest absolute Gasteiger partial charge is 0.336 e. The highest BCUT2D eigenvalue weighted by atomic mass is 31.0. The van der Waals surface area contributed by atoms with Gasteiger partial charge in [-0.1, -0.05) is 55.7 Å². The van der Waals surface area contributed by atoms with Gasteiger partial charge in [0.15, 0.2) is 0 Å². The summed E-state index contributed by atoms with van der Waals surface area (Å²) in [5.74, 6) is -0.890. The van der Waals surface area contributed by atoms with Crippen LogP contribution in [0, 0.1) is 0 Å². The summed E-state index contributed by atoms with van der Waals surface area (Å²) in [6.45, 7) is 11.3. The minimum Gasteiger partial charge on any atom is -0.507 e. The number of nitrogens with zero attached hydrogens (tertiary/aromatic N) is 1. The SMILES string of the molecule is C=C/C(=C(O)\C=C/C)c1ccc(-c2cc3c(cc2P)NC(O/C=C/C(C(=O)O)=C(/C)C=C)=NC3)cc1. The Hall–Kier alpha value is -4.15. The van der Waals surface area contributed by atoms with Crippen LogP contribution in [0.25, 0.3) is 16.7 Å². The van der Waals surface area contributed by atoms with E-state index in [0.29, 0.717) is 17.7 Å². The highest BCUT2D eigenvalue weighted by molar-refractivity contribution is 7.28. The van der Waals surface area contributed by atoms with E-state index >= 15 is 0 Å². The summed E-state index contributed by atoms with van der Waals surface area (Å²) in [5.41, 5.74) is 6.11. The first kappa shape index (κ1) is 26.5.